The van der Waals surface area contributed by atoms with Crippen molar-refractivity contribution in [1.29, 1.82) is 0 Å². The quantitative estimate of drug-likeness (QED) is 0.697. The molecule has 5 heteroatoms. The number of rotatable bonds is 7. The first kappa shape index (κ1) is 15.9. The van der Waals surface area contributed by atoms with E-state index in [1.807, 2.05) is 27.7 Å². The summed E-state index contributed by atoms with van der Waals surface area (Å²) in [6.07, 6.45) is 0.576. The third kappa shape index (κ3) is 6.94. The van der Waals surface area contributed by atoms with Crippen LogP contribution in [0.5, 0.6) is 0 Å². The first-order valence-electron chi connectivity index (χ1n) is 6.00. The number of hydrogen-bond donors (Lipinski definition) is 2. The van der Waals surface area contributed by atoms with Crippen LogP contribution in [0.1, 0.15) is 34.1 Å². The Morgan fingerprint density at radius 2 is 1.71 bits per heavy atom. The molecule has 0 aliphatic heterocycles. The molecule has 0 bridgehead atoms. The van der Waals surface area contributed by atoms with Crippen LogP contribution < -0.4 is 5.73 Å². The molecule has 0 rings (SSSR count). The van der Waals surface area contributed by atoms with Crippen LogP contribution in [0, 0.1) is 11.8 Å². The van der Waals surface area contributed by atoms with Gasteiger partial charge in [-0.1, -0.05) is 27.7 Å². The normalized spacial score (nSPS) is 12.9. The molecule has 0 unspecified atom stereocenters. The second-order valence-corrected chi connectivity index (χ2v) is 5.24. The molecule has 0 saturated heterocycles. The van der Waals surface area contributed by atoms with Crippen LogP contribution in [-0.4, -0.2) is 41.0 Å². The van der Waals surface area contributed by atoms with Crippen molar-refractivity contribution in [2.45, 2.75) is 40.2 Å². The SMILES string of the molecule is CC(C)C[C@@H](N)C(=O)N(CC(=O)O)CC(C)C. The third-order valence-corrected chi connectivity index (χ3v) is 2.27. The molecule has 0 fully saturated rings. The van der Waals surface area contributed by atoms with Crippen LogP contribution in [0.3, 0.4) is 0 Å². The Labute approximate surface area is 103 Å². The fourth-order valence-corrected chi connectivity index (χ4v) is 1.68. The number of carboxylic acids is 1. The van der Waals surface area contributed by atoms with E-state index >= 15 is 0 Å². The molecule has 0 aromatic heterocycles. The number of carbonyl (C=O) groups is 2. The molecule has 1 amide bonds. The van der Waals surface area contributed by atoms with Crippen molar-refractivity contribution in [3.8, 4) is 0 Å². The third-order valence-electron chi connectivity index (χ3n) is 2.27. The van der Waals surface area contributed by atoms with E-state index in [4.69, 9.17) is 10.8 Å². The summed E-state index contributed by atoms with van der Waals surface area (Å²) in [4.78, 5) is 24.0. The van der Waals surface area contributed by atoms with Gasteiger partial charge in [0.2, 0.25) is 5.91 Å². The maximum atomic E-state index is 12.0. The highest BCUT2D eigenvalue weighted by Gasteiger charge is 2.24. The number of carboxylic acid groups (broad SMARTS) is 1. The molecule has 0 heterocycles. The smallest absolute Gasteiger partial charge is 0.323 e. The standard InChI is InChI=1S/C12H24N2O3/c1-8(2)5-10(13)12(17)14(6-9(3)4)7-11(15)16/h8-10H,5-7,13H2,1-4H3,(H,15,16)/t10-/m1/s1. The molecule has 0 spiro atoms. The molecule has 0 aromatic rings. The van der Waals surface area contributed by atoms with Gasteiger partial charge in [0.15, 0.2) is 0 Å². The van der Waals surface area contributed by atoms with Gasteiger partial charge in [-0.25, -0.2) is 0 Å². The zero-order chi connectivity index (χ0) is 13.6. The monoisotopic (exact) mass is 244 g/mol. The number of hydrogen-bond acceptors (Lipinski definition) is 3. The van der Waals surface area contributed by atoms with Gasteiger partial charge in [-0.2, -0.15) is 0 Å². The highest BCUT2D eigenvalue weighted by atomic mass is 16.4. The Kier molecular flexibility index (Phi) is 6.80. The van der Waals surface area contributed by atoms with Crippen molar-refractivity contribution in [1.82, 2.24) is 4.90 Å². The van der Waals surface area contributed by atoms with E-state index in [0.717, 1.165) is 0 Å². The summed E-state index contributed by atoms with van der Waals surface area (Å²) in [7, 11) is 0. The second kappa shape index (κ2) is 7.27. The highest BCUT2D eigenvalue weighted by molar-refractivity contribution is 5.85. The first-order chi connectivity index (χ1) is 7.73. The number of nitrogens with two attached hydrogens (primary N) is 1. The summed E-state index contributed by atoms with van der Waals surface area (Å²) in [6.45, 7) is 8.00. The van der Waals surface area contributed by atoms with E-state index in [9.17, 15) is 9.59 Å². The lowest BCUT2D eigenvalue weighted by atomic mass is 10.0. The van der Waals surface area contributed by atoms with Gasteiger partial charge in [0.1, 0.15) is 6.54 Å². The molecule has 1 atom stereocenters. The summed E-state index contributed by atoms with van der Waals surface area (Å²) in [5.74, 6) is -0.727. The van der Waals surface area contributed by atoms with Gasteiger partial charge in [0, 0.05) is 6.54 Å². The molecular formula is C12H24N2O3. The molecule has 0 radical (unpaired) electrons. The van der Waals surface area contributed by atoms with Gasteiger partial charge >= 0.3 is 5.97 Å². The maximum Gasteiger partial charge on any atom is 0.323 e. The zero-order valence-corrected chi connectivity index (χ0v) is 11.1. The molecule has 5 nitrogen and oxygen atoms in total. The van der Waals surface area contributed by atoms with Crippen molar-refractivity contribution in [2.75, 3.05) is 13.1 Å². The minimum Gasteiger partial charge on any atom is -0.480 e. The fraction of sp³-hybridized carbons (Fsp3) is 0.833. The largest absolute Gasteiger partial charge is 0.480 e. The molecule has 100 valence electrons. The molecule has 0 aromatic carbocycles. The average molecular weight is 244 g/mol. The highest BCUT2D eigenvalue weighted by Crippen LogP contribution is 2.07. The summed E-state index contributed by atoms with van der Waals surface area (Å²) >= 11 is 0. The molecule has 0 aliphatic rings. The van der Waals surface area contributed by atoms with Gasteiger partial charge in [-0.05, 0) is 18.3 Å². The van der Waals surface area contributed by atoms with Gasteiger partial charge < -0.3 is 15.7 Å². The Bertz CT molecular complexity index is 264. The lowest BCUT2D eigenvalue weighted by Gasteiger charge is -2.26. The Balaban J connectivity index is 4.55. The van der Waals surface area contributed by atoms with E-state index in [0.29, 0.717) is 18.9 Å². The summed E-state index contributed by atoms with van der Waals surface area (Å²) in [6, 6.07) is -0.604. The van der Waals surface area contributed by atoms with Crippen LogP contribution in [0.25, 0.3) is 0 Å². The van der Waals surface area contributed by atoms with Crippen LogP contribution >= 0.6 is 0 Å². The number of carbonyl (C=O) groups excluding carboxylic acids is 1. The Morgan fingerprint density at radius 1 is 1.18 bits per heavy atom. The number of amides is 1. The van der Waals surface area contributed by atoms with E-state index in [2.05, 4.69) is 0 Å². The second-order valence-electron chi connectivity index (χ2n) is 5.24. The lowest BCUT2D eigenvalue weighted by molar-refractivity contribution is -0.145. The van der Waals surface area contributed by atoms with E-state index in [1.165, 1.54) is 4.90 Å². The van der Waals surface area contributed by atoms with Gasteiger partial charge in [-0.3, -0.25) is 9.59 Å². The van der Waals surface area contributed by atoms with Crippen LogP contribution in [0.4, 0.5) is 0 Å². The van der Waals surface area contributed by atoms with E-state index < -0.39 is 12.0 Å². The van der Waals surface area contributed by atoms with Crippen molar-refractivity contribution in [3.05, 3.63) is 0 Å². The lowest BCUT2D eigenvalue weighted by Crippen LogP contribution is -2.47. The minimum absolute atomic E-state index is 0.226. The maximum absolute atomic E-state index is 12.0. The predicted octanol–water partition coefficient (Wildman–Crippen LogP) is 0.929. The van der Waals surface area contributed by atoms with Crippen LogP contribution in [0.15, 0.2) is 0 Å². The van der Waals surface area contributed by atoms with Gasteiger partial charge in [0.25, 0.3) is 0 Å². The molecular weight excluding hydrogens is 220 g/mol. The number of nitrogens with zero attached hydrogens (tertiary/aromatic N) is 1. The van der Waals surface area contributed by atoms with Crippen LogP contribution in [-0.2, 0) is 9.59 Å². The zero-order valence-electron chi connectivity index (χ0n) is 11.1. The summed E-state index contributed by atoms with van der Waals surface area (Å²) in [5.41, 5.74) is 5.79. The molecule has 0 aliphatic carbocycles. The number of aliphatic carboxylic acids is 1. The fourth-order valence-electron chi connectivity index (χ4n) is 1.68. The predicted molar refractivity (Wildman–Crippen MR) is 66.5 cm³/mol. The Morgan fingerprint density at radius 3 is 2.06 bits per heavy atom. The molecule has 17 heavy (non-hydrogen) atoms. The van der Waals surface area contributed by atoms with Crippen molar-refractivity contribution >= 4 is 11.9 Å². The van der Waals surface area contributed by atoms with Gasteiger partial charge in [0.05, 0.1) is 6.04 Å². The Hall–Kier alpha value is -1.10. The van der Waals surface area contributed by atoms with Crippen molar-refractivity contribution in [3.63, 3.8) is 0 Å². The van der Waals surface area contributed by atoms with E-state index in [1.54, 1.807) is 0 Å². The van der Waals surface area contributed by atoms with Crippen molar-refractivity contribution in [2.24, 2.45) is 17.6 Å². The van der Waals surface area contributed by atoms with E-state index in [-0.39, 0.29) is 18.4 Å². The molecule has 3 N–H and O–H groups in total. The minimum atomic E-state index is -1.00. The topological polar surface area (TPSA) is 83.6 Å². The van der Waals surface area contributed by atoms with Crippen molar-refractivity contribution < 1.29 is 14.7 Å². The average Bonchev–Trinajstić information content (AvgIpc) is 2.12. The molecule has 0 saturated carbocycles. The summed E-state index contributed by atoms with van der Waals surface area (Å²) < 4.78 is 0. The first-order valence-corrected chi connectivity index (χ1v) is 6.00. The summed E-state index contributed by atoms with van der Waals surface area (Å²) in [5, 5.41) is 8.77. The van der Waals surface area contributed by atoms with Gasteiger partial charge in [-0.15, -0.1) is 0 Å². The van der Waals surface area contributed by atoms with Crippen LogP contribution in [0.2, 0.25) is 0 Å².